The summed E-state index contributed by atoms with van der Waals surface area (Å²) in [5.41, 5.74) is -0.407. The summed E-state index contributed by atoms with van der Waals surface area (Å²) in [4.78, 5) is 29.5. The minimum atomic E-state index is -0.407. The summed E-state index contributed by atoms with van der Waals surface area (Å²) >= 11 is 1.63. The number of hydrogen-bond acceptors (Lipinski definition) is 4. The lowest BCUT2D eigenvalue weighted by Crippen LogP contribution is -2.42. The van der Waals surface area contributed by atoms with Gasteiger partial charge in [-0.25, -0.2) is 4.98 Å². The summed E-state index contributed by atoms with van der Waals surface area (Å²) in [6, 6.07) is -0.000458. The lowest BCUT2D eigenvalue weighted by Gasteiger charge is -2.35. The largest absolute Gasteiger partial charge is 0.356 e. The number of hydrogen-bond donors (Lipinski definition) is 2. The summed E-state index contributed by atoms with van der Waals surface area (Å²) < 4.78 is 0. The standard InChI is InChI=1S/C23H37N3O2S/c1-23(2,3)22(28)26-19(21-24-13-14-29-21)17-11-9-16(10-12-17)15-25-20(27)18-7-5-4-6-8-18/h13-14,16-19H,4-12,15H2,1-3H3,(H,25,27)(H,26,28). The van der Waals surface area contributed by atoms with Gasteiger partial charge in [0.2, 0.25) is 11.8 Å². The maximum Gasteiger partial charge on any atom is 0.225 e. The molecule has 1 aromatic rings. The lowest BCUT2D eigenvalue weighted by atomic mass is 9.78. The Labute approximate surface area is 179 Å². The molecule has 6 heteroatoms. The van der Waals surface area contributed by atoms with E-state index in [4.69, 9.17) is 0 Å². The van der Waals surface area contributed by atoms with E-state index in [1.54, 1.807) is 11.3 Å². The zero-order chi connectivity index (χ0) is 20.9. The second-order valence-electron chi connectivity index (χ2n) is 9.93. The van der Waals surface area contributed by atoms with Crippen molar-refractivity contribution in [1.82, 2.24) is 15.6 Å². The third kappa shape index (κ3) is 6.27. The first-order valence-corrected chi connectivity index (χ1v) is 12.2. The van der Waals surface area contributed by atoms with Crippen LogP contribution in [0.15, 0.2) is 11.6 Å². The highest BCUT2D eigenvalue weighted by Gasteiger charge is 2.34. The Hall–Kier alpha value is -1.43. The molecule has 1 heterocycles. The van der Waals surface area contributed by atoms with Crippen LogP contribution in [-0.4, -0.2) is 23.3 Å². The van der Waals surface area contributed by atoms with Crippen LogP contribution in [0.4, 0.5) is 0 Å². The van der Waals surface area contributed by atoms with Crippen LogP contribution in [0.5, 0.6) is 0 Å². The van der Waals surface area contributed by atoms with E-state index >= 15 is 0 Å². The van der Waals surface area contributed by atoms with Crippen LogP contribution in [0.25, 0.3) is 0 Å². The fraction of sp³-hybridized carbons (Fsp3) is 0.783. The minimum Gasteiger partial charge on any atom is -0.356 e. The van der Waals surface area contributed by atoms with Gasteiger partial charge in [0.05, 0.1) is 6.04 Å². The molecule has 2 N–H and O–H groups in total. The van der Waals surface area contributed by atoms with Crippen molar-refractivity contribution in [3.63, 3.8) is 0 Å². The third-order valence-corrected chi connectivity index (χ3v) is 7.45. The molecule has 0 bridgehead atoms. The zero-order valence-corrected chi connectivity index (χ0v) is 19.0. The van der Waals surface area contributed by atoms with E-state index in [1.165, 1.54) is 19.3 Å². The van der Waals surface area contributed by atoms with Crippen molar-refractivity contribution in [2.75, 3.05) is 6.54 Å². The monoisotopic (exact) mass is 419 g/mol. The normalized spacial score (nSPS) is 24.7. The molecular weight excluding hydrogens is 382 g/mol. The van der Waals surface area contributed by atoms with E-state index in [0.717, 1.165) is 50.1 Å². The first-order chi connectivity index (χ1) is 13.8. The molecule has 1 aromatic heterocycles. The first kappa shape index (κ1) is 22.3. The van der Waals surface area contributed by atoms with E-state index in [-0.39, 0.29) is 23.8 Å². The van der Waals surface area contributed by atoms with Gasteiger partial charge in [-0.1, -0.05) is 40.0 Å². The summed E-state index contributed by atoms with van der Waals surface area (Å²) in [6.45, 7) is 6.66. The SMILES string of the molecule is CC(C)(C)C(=O)NC(c1nccs1)C1CCC(CNC(=O)C2CCCCC2)CC1. The Balaban J connectivity index is 1.50. The summed E-state index contributed by atoms with van der Waals surface area (Å²) in [6.07, 6.45) is 11.9. The number of nitrogens with one attached hydrogen (secondary N) is 2. The van der Waals surface area contributed by atoms with E-state index in [0.29, 0.717) is 11.8 Å². The van der Waals surface area contributed by atoms with Crippen molar-refractivity contribution in [1.29, 1.82) is 0 Å². The average Bonchev–Trinajstić information content (AvgIpc) is 3.25. The van der Waals surface area contributed by atoms with Crippen molar-refractivity contribution in [2.45, 2.75) is 84.6 Å². The predicted molar refractivity (Wildman–Crippen MR) is 117 cm³/mol. The highest BCUT2D eigenvalue weighted by atomic mass is 32.1. The highest BCUT2D eigenvalue weighted by Crippen LogP contribution is 2.38. The Morgan fingerprint density at radius 2 is 1.79 bits per heavy atom. The first-order valence-electron chi connectivity index (χ1n) is 11.3. The molecular formula is C23H37N3O2S. The maximum atomic E-state index is 12.6. The fourth-order valence-corrected chi connectivity index (χ4v) is 5.39. The number of thiazole rings is 1. The molecule has 162 valence electrons. The number of rotatable bonds is 6. The molecule has 29 heavy (non-hydrogen) atoms. The number of nitrogens with zero attached hydrogens (tertiary/aromatic N) is 1. The Kier molecular flexibility index (Phi) is 7.72. The number of amides is 2. The Morgan fingerprint density at radius 1 is 1.10 bits per heavy atom. The van der Waals surface area contributed by atoms with Crippen molar-refractivity contribution in [2.24, 2.45) is 23.2 Å². The topological polar surface area (TPSA) is 71.1 Å². The highest BCUT2D eigenvalue weighted by molar-refractivity contribution is 7.09. The van der Waals surface area contributed by atoms with E-state index < -0.39 is 5.41 Å². The average molecular weight is 420 g/mol. The Bertz CT molecular complexity index is 654. The molecule has 5 nitrogen and oxygen atoms in total. The van der Waals surface area contributed by atoms with Gasteiger partial charge in [0.25, 0.3) is 0 Å². The van der Waals surface area contributed by atoms with Crippen LogP contribution >= 0.6 is 11.3 Å². The zero-order valence-electron chi connectivity index (χ0n) is 18.2. The molecule has 3 rings (SSSR count). The van der Waals surface area contributed by atoms with E-state index in [2.05, 4.69) is 15.6 Å². The Morgan fingerprint density at radius 3 is 2.38 bits per heavy atom. The van der Waals surface area contributed by atoms with Crippen molar-refractivity contribution < 1.29 is 9.59 Å². The van der Waals surface area contributed by atoms with Gasteiger partial charge in [0.1, 0.15) is 5.01 Å². The van der Waals surface area contributed by atoms with Crippen molar-refractivity contribution in [3.05, 3.63) is 16.6 Å². The van der Waals surface area contributed by atoms with Gasteiger partial charge in [0.15, 0.2) is 0 Å². The second kappa shape index (κ2) is 10.1. The van der Waals surface area contributed by atoms with Crippen LogP contribution in [0.2, 0.25) is 0 Å². The maximum absolute atomic E-state index is 12.6. The molecule has 2 aliphatic carbocycles. The van der Waals surface area contributed by atoms with Gasteiger partial charge in [-0.2, -0.15) is 0 Å². The van der Waals surface area contributed by atoms with Gasteiger partial charge in [-0.15, -0.1) is 11.3 Å². The molecule has 2 amide bonds. The summed E-state index contributed by atoms with van der Waals surface area (Å²) in [5.74, 6) is 1.55. The van der Waals surface area contributed by atoms with Crippen LogP contribution in [-0.2, 0) is 9.59 Å². The number of carbonyl (C=O) groups excluding carboxylic acids is 2. The van der Waals surface area contributed by atoms with Crippen LogP contribution in [0.3, 0.4) is 0 Å². The van der Waals surface area contributed by atoms with Crippen molar-refractivity contribution in [3.8, 4) is 0 Å². The third-order valence-electron chi connectivity index (χ3n) is 6.59. The van der Waals surface area contributed by atoms with Gasteiger partial charge in [0, 0.05) is 29.5 Å². The number of carbonyl (C=O) groups is 2. The summed E-state index contributed by atoms with van der Waals surface area (Å²) in [5, 5.41) is 9.50. The predicted octanol–water partition coefficient (Wildman–Crippen LogP) is 4.85. The minimum absolute atomic E-state index is 0.000458. The molecule has 0 radical (unpaired) electrons. The van der Waals surface area contributed by atoms with Gasteiger partial charge in [-0.3, -0.25) is 9.59 Å². The quantitative estimate of drug-likeness (QED) is 0.692. The van der Waals surface area contributed by atoms with Crippen molar-refractivity contribution >= 4 is 23.2 Å². The molecule has 1 unspecified atom stereocenters. The van der Waals surface area contributed by atoms with Gasteiger partial charge >= 0.3 is 0 Å². The lowest BCUT2D eigenvalue weighted by molar-refractivity contribution is -0.130. The number of aromatic nitrogens is 1. The van der Waals surface area contributed by atoms with Gasteiger partial charge < -0.3 is 10.6 Å². The molecule has 0 spiro atoms. The smallest absolute Gasteiger partial charge is 0.225 e. The molecule has 2 fully saturated rings. The van der Waals surface area contributed by atoms with E-state index in [9.17, 15) is 9.59 Å². The molecule has 2 saturated carbocycles. The molecule has 0 saturated heterocycles. The molecule has 2 aliphatic rings. The van der Waals surface area contributed by atoms with E-state index in [1.807, 2.05) is 32.3 Å². The molecule has 1 atom stereocenters. The van der Waals surface area contributed by atoms with Crippen LogP contribution < -0.4 is 10.6 Å². The second-order valence-corrected chi connectivity index (χ2v) is 10.9. The van der Waals surface area contributed by atoms with Crippen LogP contribution in [0, 0.1) is 23.2 Å². The molecule has 0 aliphatic heterocycles. The molecule has 0 aromatic carbocycles. The fourth-order valence-electron chi connectivity index (χ4n) is 4.61. The summed E-state index contributed by atoms with van der Waals surface area (Å²) in [7, 11) is 0. The van der Waals surface area contributed by atoms with Gasteiger partial charge in [-0.05, 0) is 50.4 Å². The van der Waals surface area contributed by atoms with Crippen LogP contribution in [0.1, 0.15) is 89.6 Å².